The Hall–Kier alpha value is -3.34. The Morgan fingerprint density at radius 1 is 1.22 bits per heavy atom. The minimum absolute atomic E-state index is 0.0255. The van der Waals surface area contributed by atoms with Gasteiger partial charge in [0.05, 0.1) is 20.9 Å². The smallest absolute Gasteiger partial charge is 0.324 e. The molecule has 0 atom stereocenters. The van der Waals surface area contributed by atoms with E-state index in [1.54, 1.807) is 0 Å². The molecule has 1 aromatic heterocycles. The number of phenols is 1. The normalized spacial score (nSPS) is 10.6. The molecule has 2 rings (SSSR count). The lowest BCUT2D eigenvalue weighted by Gasteiger charge is -2.01. The van der Waals surface area contributed by atoms with Gasteiger partial charge in [0.2, 0.25) is 0 Å². The van der Waals surface area contributed by atoms with E-state index in [9.17, 15) is 30.1 Å². The maximum atomic E-state index is 11.8. The number of thiophene rings is 1. The van der Waals surface area contributed by atoms with Gasteiger partial charge in [0.25, 0.3) is 5.91 Å². The Bertz CT molecular complexity index is 816. The molecule has 1 aromatic carbocycles. The van der Waals surface area contributed by atoms with Gasteiger partial charge < -0.3 is 5.11 Å². The van der Waals surface area contributed by atoms with Crippen molar-refractivity contribution in [3.63, 3.8) is 0 Å². The standard InChI is InChI=1S/C12H8N4O6S/c17-10-5-7(1-3-9(10)15(19)20)12(18)14-13-6-8-2-4-11(23-8)16(21)22/h1-6,17H,(H,14,18)/b13-6-. The van der Waals surface area contributed by atoms with Crippen molar-refractivity contribution >= 4 is 34.1 Å². The van der Waals surface area contributed by atoms with Gasteiger partial charge in [-0.2, -0.15) is 5.10 Å². The molecule has 2 aromatic rings. The van der Waals surface area contributed by atoms with Crippen LogP contribution in [-0.4, -0.2) is 27.1 Å². The largest absolute Gasteiger partial charge is 0.502 e. The molecule has 0 spiro atoms. The Kier molecular flexibility index (Phi) is 4.61. The molecule has 1 amide bonds. The molecular formula is C12H8N4O6S. The third-order valence-corrected chi connectivity index (χ3v) is 3.56. The molecular weight excluding hydrogens is 328 g/mol. The van der Waals surface area contributed by atoms with Crippen LogP contribution in [0.4, 0.5) is 10.7 Å². The minimum atomic E-state index is -0.779. The highest BCUT2D eigenvalue weighted by Gasteiger charge is 2.15. The summed E-state index contributed by atoms with van der Waals surface area (Å²) in [6.45, 7) is 0. The molecule has 11 heteroatoms. The maximum absolute atomic E-state index is 11.8. The van der Waals surface area contributed by atoms with Crippen molar-refractivity contribution in [3.8, 4) is 5.75 Å². The summed E-state index contributed by atoms with van der Waals surface area (Å²) >= 11 is 0.881. The number of carbonyl (C=O) groups is 1. The van der Waals surface area contributed by atoms with Crippen molar-refractivity contribution in [2.45, 2.75) is 0 Å². The van der Waals surface area contributed by atoms with Crippen molar-refractivity contribution < 1.29 is 19.7 Å². The first-order chi connectivity index (χ1) is 10.9. The quantitative estimate of drug-likeness (QED) is 0.485. The van der Waals surface area contributed by atoms with E-state index >= 15 is 0 Å². The fourth-order valence-electron chi connectivity index (χ4n) is 1.55. The second-order valence-electron chi connectivity index (χ2n) is 4.09. The molecule has 1 heterocycles. The number of hydrogen-bond acceptors (Lipinski definition) is 8. The van der Waals surface area contributed by atoms with Crippen molar-refractivity contribution in [3.05, 3.63) is 61.0 Å². The fraction of sp³-hybridized carbons (Fsp3) is 0. The molecule has 0 fully saturated rings. The molecule has 0 saturated carbocycles. The molecule has 0 aliphatic heterocycles. The summed E-state index contributed by atoms with van der Waals surface area (Å²) in [5.41, 5.74) is 1.60. The minimum Gasteiger partial charge on any atom is -0.502 e. The van der Waals surface area contributed by atoms with E-state index in [1.165, 1.54) is 24.4 Å². The second kappa shape index (κ2) is 6.62. The third kappa shape index (κ3) is 3.85. The van der Waals surface area contributed by atoms with E-state index in [2.05, 4.69) is 10.5 Å². The Morgan fingerprint density at radius 3 is 2.52 bits per heavy atom. The number of nitro benzene ring substituents is 1. The average molecular weight is 336 g/mol. The first kappa shape index (κ1) is 16.0. The Morgan fingerprint density at radius 2 is 1.96 bits per heavy atom. The van der Waals surface area contributed by atoms with Gasteiger partial charge in [-0.3, -0.25) is 25.0 Å². The zero-order chi connectivity index (χ0) is 17.0. The maximum Gasteiger partial charge on any atom is 0.324 e. The predicted octanol–water partition coefficient (Wildman–Crippen LogP) is 2.03. The lowest BCUT2D eigenvalue weighted by Crippen LogP contribution is -2.17. The van der Waals surface area contributed by atoms with Crippen LogP contribution in [0.3, 0.4) is 0 Å². The average Bonchev–Trinajstić information content (AvgIpc) is 2.95. The van der Waals surface area contributed by atoms with E-state index in [-0.39, 0.29) is 10.6 Å². The van der Waals surface area contributed by atoms with Crippen LogP contribution >= 0.6 is 11.3 Å². The number of nitro groups is 2. The number of aromatic hydroxyl groups is 1. The molecule has 118 valence electrons. The lowest BCUT2D eigenvalue weighted by atomic mass is 10.2. The molecule has 0 bridgehead atoms. The van der Waals surface area contributed by atoms with E-state index in [0.717, 1.165) is 23.5 Å². The molecule has 0 aliphatic carbocycles. The van der Waals surface area contributed by atoms with Gasteiger partial charge in [-0.1, -0.05) is 11.3 Å². The van der Waals surface area contributed by atoms with Crippen LogP contribution in [0.5, 0.6) is 5.75 Å². The highest BCUT2D eigenvalue weighted by Crippen LogP contribution is 2.26. The Balaban J connectivity index is 2.04. The molecule has 10 nitrogen and oxygen atoms in total. The monoisotopic (exact) mass is 336 g/mol. The number of rotatable bonds is 5. The zero-order valence-corrected chi connectivity index (χ0v) is 12.0. The molecule has 0 radical (unpaired) electrons. The van der Waals surface area contributed by atoms with E-state index in [1.807, 2.05) is 0 Å². The number of nitrogens with zero attached hydrogens (tertiary/aromatic N) is 3. The Labute approximate surface area is 132 Å². The van der Waals surface area contributed by atoms with Crippen molar-refractivity contribution in [1.82, 2.24) is 5.43 Å². The lowest BCUT2D eigenvalue weighted by molar-refractivity contribution is -0.385. The highest BCUT2D eigenvalue weighted by molar-refractivity contribution is 7.16. The number of carbonyl (C=O) groups excluding carboxylic acids is 1. The van der Waals surface area contributed by atoms with Crippen LogP contribution < -0.4 is 5.43 Å². The first-order valence-electron chi connectivity index (χ1n) is 5.93. The molecule has 0 unspecified atom stereocenters. The summed E-state index contributed by atoms with van der Waals surface area (Å²) in [6.07, 6.45) is 1.22. The van der Waals surface area contributed by atoms with Crippen LogP contribution in [0.1, 0.15) is 15.2 Å². The molecule has 0 aliphatic rings. The highest BCUT2D eigenvalue weighted by atomic mass is 32.1. The van der Waals surface area contributed by atoms with Crippen LogP contribution in [0.25, 0.3) is 0 Å². The summed E-state index contributed by atoms with van der Waals surface area (Å²) < 4.78 is 0. The van der Waals surface area contributed by atoms with Gasteiger partial charge in [-0.15, -0.1) is 0 Å². The first-order valence-corrected chi connectivity index (χ1v) is 6.75. The van der Waals surface area contributed by atoms with Crippen LogP contribution in [0.15, 0.2) is 35.4 Å². The predicted molar refractivity (Wildman–Crippen MR) is 80.8 cm³/mol. The number of hydrogen-bond donors (Lipinski definition) is 2. The van der Waals surface area contributed by atoms with Gasteiger partial charge in [0, 0.05) is 17.7 Å². The van der Waals surface area contributed by atoms with Gasteiger partial charge >= 0.3 is 10.7 Å². The summed E-state index contributed by atoms with van der Waals surface area (Å²) in [5.74, 6) is -1.34. The summed E-state index contributed by atoms with van der Waals surface area (Å²) in [7, 11) is 0. The molecule has 2 N–H and O–H groups in total. The SMILES string of the molecule is O=C(N/N=C\c1ccc([N+](=O)[O-])s1)c1ccc([N+](=O)[O-])c(O)c1. The second-order valence-corrected chi connectivity index (χ2v) is 5.19. The van der Waals surface area contributed by atoms with Crippen molar-refractivity contribution in [1.29, 1.82) is 0 Å². The van der Waals surface area contributed by atoms with E-state index in [0.29, 0.717) is 4.88 Å². The zero-order valence-electron chi connectivity index (χ0n) is 11.2. The van der Waals surface area contributed by atoms with Gasteiger partial charge in [0.15, 0.2) is 5.75 Å². The van der Waals surface area contributed by atoms with Crippen LogP contribution in [0.2, 0.25) is 0 Å². The number of benzene rings is 1. The number of hydrazone groups is 1. The van der Waals surface area contributed by atoms with Crippen LogP contribution in [-0.2, 0) is 0 Å². The number of phenolic OH excluding ortho intramolecular Hbond substituents is 1. The van der Waals surface area contributed by atoms with Gasteiger partial charge in [-0.25, -0.2) is 5.43 Å². The summed E-state index contributed by atoms with van der Waals surface area (Å²) in [6, 6.07) is 5.88. The van der Waals surface area contributed by atoms with E-state index < -0.39 is 27.2 Å². The number of amides is 1. The number of nitrogens with one attached hydrogen (secondary N) is 1. The van der Waals surface area contributed by atoms with E-state index in [4.69, 9.17) is 0 Å². The molecule has 0 saturated heterocycles. The fourth-order valence-corrected chi connectivity index (χ4v) is 2.24. The third-order valence-electron chi connectivity index (χ3n) is 2.58. The topological polar surface area (TPSA) is 148 Å². The van der Waals surface area contributed by atoms with Crippen molar-refractivity contribution in [2.75, 3.05) is 0 Å². The summed E-state index contributed by atoms with van der Waals surface area (Å²) in [5, 5.41) is 34.1. The van der Waals surface area contributed by atoms with Crippen molar-refractivity contribution in [2.24, 2.45) is 5.10 Å². The van der Waals surface area contributed by atoms with Gasteiger partial charge in [-0.05, 0) is 18.2 Å². The molecule has 23 heavy (non-hydrogen) atoms. The summed E-state index contributed by atoms with van der Waals surface area (Å²) in [4.78, 5) is 32.0. The van der Waals surface area contributed by atoms with Crippen LogP contribution in [0, 0.1) is 20.2 Å². The van der Waals surface area contributed by atoms with Gasteiger partial charge in [0.1, 0.15) is 0 Å².